The number of benzene rings is 2. The van der Waals surface area contributed by atoms with Crippen LogP contribution in [0.25, 0.3) is 0 Å². The van der Waals surface area contributed by atoms with Crippen molar-refractivity contribution >= 4 is 11.7 Å². The van der Waals surface area contributed by atoms with Gasteiger partial charge in [-0.1, -0.05) is 24.3 Å². The molecule has 6 heteroatoms. The molecule has 1 heterocycles. The summed E-state index contributed by atoms with van der Waals surface area (Å²) >= 11 is 0. The first-order chi connectivity index (χ1) is 13.2. The quantitative estimate of drug-likeness (QED) is 0.697. The molecule has 2 aromatic carbocycles. The Bertz CT molecular complexity index is 752. The Balaban J connectivity index is 1.40. The molecular formula is C21H27N3O3. The number of hydrogen-bond donors (Lipinski definition) is 2. The number of rotatable bonds is 8. The lowest BCUT2D eigenvalue weighted by atomic mass is 10.1. The van der Waals surface area contributed by atoms with E-state index in [-0.39, 0.29) is 18.9 Å². The Kier molecular flexibility index (Phi) is 6.41. The third kappa shape index (κ3) is 5.06. The number of ether oxygens (including phenoxy) is 2. The molecule has 0 saturated carbocycles. The van der Waals surface area contributed by atoms with Gasteiger partial charge in [0.05, 0.1) is 6.04 Å². The van der Waals surface area contributed by atoms with Crippen molar-refractivity contribution < 1.29 is 14.3 Å². The van der Waals surface area contributed by atoms with E-state index in [1.54, 1.807) is 0 Å². The van der Waals surface area contributed by atoms with E-state index in [1.807, 2.05) is 43.3 Å². The highest BCUT2D eigenvalue weighted by Gasteiger charge is 2.16. The average Bonchev–Trinajstić information content (AvgIpc) is 3.16. The highest BCUT2D eigenvalue weighted by atomic mass is 16.7. The number of hydrogen-bond acceptors (Lipinski definition) is 4. The molecule has 0 aromatic heterocycles. The van der Waals surface area contributed by atoms with E-state index in [4.69, 9.17) is 9.47 Å². The number of amides is 2. The Labute approximate surface area is 160 Å². The van der Waals surface area contributed by atoms with Gasteiger partial charge >= 0.3 is 6.03 Å². The van der Waals surface area contributed by atoms with Crippen LogP contribution in [-0.2, 0) is 0 Å². The van der Waals surface area contributed by atoms with Gasteiger partial charge in [-0.2, -0.15) is 0 Å². The molecule has 1 unspecified atom stereocenters. The summed E-state index contributed by atoms with van der Waals surface area (Å²) in [6.45, 7) is 6.81. The highest BCUT2D eigenvalue weighted by molar-refractivity contribution is 5.74. The van der Waals surface area contributed by atoms with Crippen LogP contribution in [0.4, 0.5) is 10.5 Å². The van der Waals surface area contributed by atoms with Crippen molar-refractivity contribution in [2.75, 3.05) is 31.3 Å². The van der Waals surface area contributed by atoms with Gasteiger partial charge in [-0.15, -0.1) is 0 Å². The summed E-state index contributed by atoms with van der Waals surface area (Å²) in [7, 11) is 0. The number of carbonyl (C=O) groups excluding carboxylic acids is 1. The van der Waals surface area contributed by atoms with Crippen LogP contribution < -0.4 is 25.0 Å². The number of carbonyl (C=O) groups is 1. The van der Waals surface area contributed by atoms with Gasteiger partial charge < -0.3 is 25.0 Å². The largest absolute Gasteiger partial charge is 0.454 e. The number of anilines is 1. The summed E-state index contributed by atoms with van der Waals surface area (Å²) in [4.78, 5) is 14.5. The zero-order valence-corrected chi connectivity index (χ0v) is 15.9. The van der Waals surface area contributed by atoms with Gasteiger partial charge in [0, 0.05) is 25.3 Å². The van der Waals surface area contributed by atoms with E-state index in [0.717, 1.165) is 36.6 Å². The zero-order chi connectivity index (χ0) is 19.1. The lowest BCUT2D eigenvalue weighted by Gasteiger charge is -2.23. The molecule has 1 aliphatic rings. The van der Waals surface area contributed by atoms with Crippen LogP contribution in [0.1, 0.15) is 31.9 Å². The fraction of sp³-hybridized carbons (Fsp3) is 0.381. The van der Waals surface area contributed by atoms with Crippen LogP contribution in [-0.4, -0.2) is 32.5 Å². The molecule has 0 aliphatic carbocycles. The minimum atomic E-state index is -0.164. The van der Waals surface area contributed by atoms with Crippen molar-refractivity contribution in [1.29, 1.82) is 0 Å². The van der Waals surface area contributed by atoms with E-state index >= 15 is 0 Å². The van der Waals surface area contributed by atoms with Gasteiger partial charge in [0.1, 0.15) is 0 Å². The fourth-order valence-corrected chi connectivity index (χ4v) is 3.09. The molecule has 1 aliphatic heterocycles. The molecule has 0 fully saturated rings. The standard InChI is InChI=1S/C21H27N3O3/c1-3-24(18-8-5-4-6-9-18)13-7-12-22-21(25)23-16(2)17-10-11-19-20(14-17)27-15-26-19/h4-6,8-11,14,16H,3,7,12-13,15H2,1-2H3,(H2,22,23,25). The van der Waals surface area contributed by atoms with Crippen LogP contribution in [0.2, 0.25) is 0 Å². The summed E-state index contributed by atoms with van der Waals surface area (Å²) in [5.74, 6) is 1.47. The SMILES string of the molecule is CCN(CCCNC(=O)NC(C)c1ccc2c(c1)OCO2)c1ccccc1. The van der Waals surface area contributed by atoms with Gasteiger partial charge in [-0.25, -0.2) is 4.79 Å². The lowest BCUT2D eigenvalue weighted by Crippen LogP contribution is -2.38. The van der Waals surface area contributed by atoms with Crippen LogP contribution in [0.15, 0.2) is 48.5 Å². The van der Waals surface area contributed by atoms with Crippen LogP contribution in [0.3, 0.4) is 0 Å². The first-order valence-corrected chi connectivity index (χ1v) is 9.41. The topological polar surface area (TPSA) is 62.8 Å². The molecule has 2 aromatic rings. The van der Waals surface area contributed by atoms with E-state index in [1.165, 1.54) is 5.69 Å². The van der Waals surface area contributed by atoms with E-state index < -0.39 is 0 Å². The van der Waals surface area contributed by atoms with E-state index in [0.29, 0.717) is 6.54 Å². The summed E-state index contributed by atoms with van der Waals surface area (Å²) in [6.07, 6.45) is 0.883. The first-order valence-electron chi connectivity index (χ1n) is 9.41. The number of urea groups is 1. The molecule has 0 saturated heterocycles. The predicted octanol–water partition coefficient (Wildman–Crippen LogP) is 3.69. The number of fused-ring (bicyclic) bond motifs is 1. The molecule has 0 bridgehead atoms. The summed E-state index contributed by atoms with van der Waals surface area (Å²) in [5.41, 5.74) is 2.19. The molecule has 6 nitrogen and oxygen atoms in total. The second-order valence-electron chi connectivity index (χ2n) is 6.50. The molecule has 3 rings (SSSR count). The summed E-state index contributed by atoms with van der Waals surface area (Å²) in [6, 6.07) is 15.8. The maximum atomic E-state index is 12.2. The van der Waals surface area contributed by atoms with Crippen LogP contribution in [0.5, 0.6) is 11.5 Å². The number of nitrogens with zero attached hydrogens (tertiary/aromatic N) is 1. The van der Waals surface area contributed by atoms with E-state index in [2.05, 4.69) is 34.6 Å². The number of nitrogens with one attached hydrogen (secondary N) is 2. The predicted molar refractivity (Wildman–Crippen MR) is 106 cm³/mol. The van der Waals surface area contributed by atoms with Crippen molar-refractivity contribution in [2.24, 2.45) is 0 Å². The maximum Gasteiger partial charge on any atom is 0.315 e. The van der Waals surface area contributed by atoms with Crippen molar-refractivity contribution in [1.82, 2.24) is 10.6 Å². The van der Waals surface area contributed by atoms with Gasteiger partial charge in [0.25, 0.3) is 0 Å². The number of para-hydroxylation sites is 1. The van der Waals surface area contributed by atoms with Crippen LogP contribution >= 0.6 is 0 Å². The molecule has 2 amide bonds. The smallest absolute Gasteiger partial charge is 0.315 e. The van der Waals surface area contributed by atoms with E-state index in [9.17, 15) is 4.79 Å². The van der Waals surface area contributed by atoms with Gasteiger partial charge in [0.15, 0.2) is 11.5 Å². The van der Waals surface area contributed by atoms with Crippen molar-refractivity contribution in [3.8, 4) is 11.5 Å². The minimum absolute atomic E-state index is 0.115. The summed E-state index contributed by atoms with van der Waals surface area (Å²) in [5, 5.41) is 5.90. The zero-order valence-electron chi connectivity index (χ0n) is 15.9. The van der Waals surface area contributed by atoms with Gasteiger partial charge in [-0.3, -0.25) is 0 Å². The van der Waals surface area contributed by atoms with Gasteiger partial charge in [0.2, 0.25) is 6.79 Å². The fourth-order valence-electron chi connectivity index (χ4n) is 3.09. The third-order valence-corrected chi connectivity index (χ3v) is 4.64. The first kappa shape index (κ1) is 18.9. The monoisotopic (exact) mass is 369 g/mol. The molecular weight excluding hydrogens is 342 g/mol. The Hall–Kier alpha value is -2.89. The van der Waals surface area contributed by atoms with Crippen molar-refractivity contribution in [3.05, 3.63) is 54.1 Å². The Morgan fingerprint density at radius 3 is 2.70 bits per heavy atom. The molecule has 1 atom stereocenters. The third-order valence-electron chi connectivity index (χ3n) is 4.64. The molecule has 0 spiro atoms. The normalized spacial score (nSPS) is 13.1. The lowest BCUT2D eigenvalue weighted by molar-refractivity contribution is 0.174. The second kappa shape index (κ2) is 9.16. The molecule has 0 radical (unpaired) electrons. The Morgan fingerprint density at radius 1 is 1.15 bits per heavy atom. The average molecular weight is 369 g/mol. The molecule has 2 N–H and O–H groups in total. The summed E-state index contributed by atoms with van der Waals surface area (Å²) < 4.78 is 10.7. The second-order valence-corrected chi connectivity index (χ2v) is 6.50. The molecule has 27 heavy (non-hydrogen) atoms. The van der Waals surface area contributed by atoms with Crippen LogP contribution in [0, 0.1) is 0 Å². The van der Waals surface area contributed by atoms with Crippen molar-refractivity contribution in [2.45, 2.75) is 26.3 Å². The highest BCUT2D eigenvalue weighted by Crippen LogP contribution is 2.34. The minimum Gasteiger partial charge on any atom is -0.454 e. The Morgan fingerprint density at radius 2 is 1.93 bits per heavy atom. The molecule has 144 valence electrons. The van der Waals surface area contributed by atoms with Crippen molar-refractivity contribution in [3.63, 3.8) is 0 Å². The maximum absolute atomic E-state index is 12.2. The van der Waals surface area contributed by atoms with Gasteiger partial charge in [-0.05, 0) is 50.1 Å².